The van der Waals surface area contributed by atoms with Gasteiger partial charge in [0.2, 0.25) is 5.88 Å². The maximum Gasteiger partial charge on any atom is 0.272 e. The molecule has 0 amide bonds. The van der Waals surface area contributed by atoms with Crippen LogP contribution >= 0.6 is 0 Å². The molecular weight excluding hydrogens is 253 g/mol. The number of hydrogen-bond acceptors (Lipinski definition) is 5. The Bertz CT molecular complexity index is 682. The number of rotatable bonds is 3. The van der Waals surface area contributed by atoms with E-state index in [9.17, 15) is 14.5 Å². The van der Waals surface area contributed by atoms with E-state index in [4.69, 9.17) is 10.00 Å². The van der Waals surface area contributed by atoms with Crippen molar-refractivity contribution in [3.63, 3.8) is 0 Å². The number of aromatic nitrogens is 1. The number of nitrogens with zero attached hydrogens (tertiary/aromatic N) is 3. The van der Waals surface area contributed by atoms with Gasteiger partial charge in [0.25, 0.3) is 5.69 Å². The minimum Gasteiger partial charge on any atom is -0.436 e. The van der Waals surface area contributed by atoms with Crippen LogP contribution in [0.25, 0.3) is 0 Å². The Hall–Kier alpha value is -3.01. The van der Waals surface area contributed by atoms with Crippen molar-refractivity contribution in [3.8, 4) is 17.7 Å². The third kappa shape index (κ3) is 2.81. The van der Waals surface area contributed by atoms with Gasteiger partial charge < -0.3 is 4.74 Å². The number of nitro groups is 1. The van der Waals surface area contributed by atoms with E-state index in [2.05, 4.69) is 4.98 Å². The number of halogens is 1. The number of nitriles is 1. The van der Waals surface area contributed by atoms with Crippen LogP contribution in [0.2, 0.25) is 0 Å². The van der Waals surface area contributed by atoms with Gasteiger partial charge in [0.1, 0.15) is 0 Å². The van der Waals surface area contributed by atoms with Crippen LogP contribution < -0.4 is 4.74 Å². The van der Waals surface area contributed by atoms with Crippen LogP contribution in [-0.4, -0.2) is 9.91 Å². The summed E-state index contributed by atoms with van der Waals surface area (Å²) in [5.41, 5.74) is -0.0593. The minimum atomic E-state index is -0.877. The van der Waals surface area contributed by atoms with E-state index in [1.807, 2.05) is 6.07 Å². The highest BCUT2D eigenvalue weighted by molar-refractivity contribution is 5.40. The fraction of sp³-hybridized carbons (Fsp3) is 0. The van der Waals surface area contributed by atoms with Gasteiger partial charge in [0, 0.05) is 18.3 Å². The van der Waals surface area contributed by atoms with Crippen molar-refractivity contribution < 1.29 is 14.1 Å². The monoisotopic (exact) mass is 259 g/mol. The Morgan fingerprint density at radius 3 is 2.79 bits per heavy atom. The van der Waals surface area contributed by atoms with Crippen LogP contribution in [0.3, 0.4) is 0 Å². The molecule has 0 bridgehead atoms. The third-order valence-corrected chi connectivity index (χ3v) is 2.20. The van der Waals surface area contributed by atoms with E-state index in [1.165, 1.54) is 18.3 Å². The van der Waals surface area contributed by atoms with Crippen LogP contribution in [-0.2, 0) is 0 Å². The molecule has 0 aliphatic heterocycles. The Kier molecular flexibility index (Phi) is 3.34. The van der Waals surface area contributed by atoms with Gasteiger partial charge in [-0.2, -0.15) is 5.26 Å². The van der Waals surface area contributed by atoms with E-state index in [0.29, 0.717) is 5.56 Å². The molecule has 0 saturated carbocycles. The highest BCUT2D eigenvalue weighted by Crippen LogP contribution is 2.26. The standard InChI is InChI=1S/C12H6FN3O3/c13-10-6-9(16(17)18)1-2-11(10)19-12-5-8(7-14)3-4-15-12/h1-6H. The van der Waals surface area contributed by atoms with Gasteiger partial charge in [0.05, 0.1) is 22.6 Å². The molecule has 6 nitrogen and oxygen atoms in total. The van der Waals surface area contributed by atoms with E-state index in [1.54, 1.807) is 0 Å². The maximum absolute atomic E-state index is 13.6. The average Bonchev–Trinajstić information content (AvgIpc) is 2.41. The zero-order valence-electron chi connectivity index (χ0n) is 9.41. The maximum atomic E-state index is 13.6. The van der Waals surface area contributed by atoms with Crippen LogP contribution in [0.4, 0.5) is 10.1 Å². The summed E-state index contributed by atoms with van der Waals surface area (Å²) in [4.78, 5) is 13.6. The second-order valence-corrected chi connectivity index (χ2v) is 3.47. The molecule has 2 aromatic rings. The molecule has 0 aliphatic carbocycles. The minimum absolute atomic E-state index is 0.0341. The fourth-order valence-corrected chi connectivity index (χ4v) is 1.33. The molecule has 1 aromatic carbocycles. The number of non-ortho nitro benzene ring substituents is 1. The number of benzene rings is 1. The molecule has 0 fully saturated rings. The SMILES string of the molecule is N#Cc1ccnc(Oc2ccc([N+](=O)[O-])cc2F)c1. The van der Waals surface area contributed by atoms with Crippen LogP contribution in [0.5, 0.6) is 11.6 Å². The summed E-state index contributed by atoms with van der Waals surface area (Å²) in [6.07, 6.45) is 1.34. The lowest BCUT2D eigenvalue weighted by Crippen LogP contribution is -1.94. The Labute approximate surface area is 106 Å². The first-order valence-corrected chi connectivity index (χ1v) is 5.08. The first-order chi connectivity index (χ1) is 9.10. The van der Waals surface area contributed by atoms with Crippen molar-refractivity contribution in [3.05, 3.63) is 58.0 Å². The molecule has 94 valence electrons. The molecule has 1 aromatic heterocycles. The second kappa shape index (κ2) is 5.10. The molecule has 7 heteroatoms. The highest BCUT2D eigenvalue weighted by atomic mass is 19.1. The lowest BCUT2D eigenvalue weighted by atomic mass is 10.3. The van der Waals surface area contributed by atoms with E-state index >= 15 is 0 Å². The van der Waals surface area contributed by atoms with Gasteiger partial charge >= 0.3 is 0 Å². The van der Waals surface area contributed by atoms with Crippen molar-refractivity contribution >= 4 is 5.69 Å². The molecule has 0 aliphatic rings. The molecule has 19 heavy (non-hydrogen) atoms. The van der Waals surface area contributed by atoms with Gasteiger partial charge in [-0.05, 0) is 12.1 Å². The fourth-order valence-electron chi connectivity index (χ4n) is 1.33. The van der Waals surface area contributed by atoms with Gasteiger partial charge in [-0.3, -0.25) is 10.1 Å². The molecule has 0 atom stereocenters. The molecule has 0 saturated heterocycles. The smallest absolute Gasteiger partial charge is 0.272 e. The van der Waals surface area contributed by atoms with E-state index < -0.39 is 10.7 Å². The van der Waals surface area contributed by atoms with Crippen molar-refractivity contribution in [1.82, 2.24) is 4.98 Å². The first kappa shape index (κ1) is 12.4. The van der Waals surface area contributed by atoms with Crippen molar-refractivity contribution in [2.24, 2.45) is 0 Å². The Morgan fingerprint density at radius 2 is 2.16 bits per heavy atom. The summed E-state index contributed by atoms with van der Waals surface area (Å²) in [5, 5.41) is 19.2. The average molecular weight is 259 g/mol. The van der Waals surface area contributed by atoms with Gasteiger partial charge in [-0.1, -0.05) is 0 Å². The van der Waals surface area contributed by atoms with Crippen molar-refractivity contribution in [2.45, 2.75) is 0 Å². The normalized spacial score (nSPS) is 9.68. The van der Waals surface area contributed by atoms with Crippen LogP contribution in [0, 0.1) is 27.3 Å². The van der Waals surface area contributed by atoms with E-state index in [0.717, 1.165) is 18.2 Å². The summed E-state index contributed by atoms with van der Waals surface area (Å²) in [6.45, 7) is 0. The molecule has 0 spiro atoms. The predicted molar refractivity (Wildman–Crippen MR) is 62.1 cm³/mol. The Morgan fingerprint density at radius 1 is 1.37 bits per heavy atom. The predicted octanol–water partition coefficient (Wildman–Crippen LogP) is 2.79. The van der Waals surface area contributed by atoms with Gasteiger partial charge in [-0.15, -0.1) is 0 Å². The third-order valence-electron chi connectivity index (χ3n) is 2.20. The lowest BCUT2D eigenvalue weighted by Gasteiger charge is -2.05. The summed E-state index contributed by atoms with van der Waals surface area (Å²) in [7, 11) is 0. The lowest BCUT2D eigenvalue weighted by molar-refractivity contribution is -0.385. The zero-order valence-corrected chi connectivity index (χ0v) is 9.41. The molecule has 0 radical (unpaired) electrons. The number of ether oxygens (including phenoxy) is 1. The molecule has 0 unspecified atom stereocenters. The molecule has 2 rings (SSSR count). The summed E-state index contributed by atoms with van der Waals surface area (Å²) in [5.74, 6) is -1.04. The topological polar surface area (TPSA) is 89.0 Å². The highest BCUT2D eigenvalue weighted by Gasteiger charge is 2.12. The number of nitro benzene ring substituents is 1. The first-order valence-electron chi connectivity index (χ1n) is 5.08. The number of hydrogen-bond donors (Lipinski definition) is 0. The molecular formula is C12H6FN3O3. The summed E-state index contributed by atoms with van der Waals surface area (Å²) >= 11 is 0. The van der Waals surface area contributed by atoms with Crippen molar-refractivity contribution in [2.75, 3.05) is 0 Å². The van der Waals surface area contributed by atoms with Crippen LogP contribution in [0.1, 0.15) is 5.56 Å². The van der Waals surface area contributed by atoms with Crippen LogP contribution in [0.15, 0.2) is 36.5 Å². The zero-order chi connectivity index (χ0) is 13.8. The second-order valence-electron chi connectivity index (χ2n) is 3.47. The van der Waals surface area contributed by atoms with Crippen molar-refractivity contribution in [1.29, 1.82) is 5.26 Å². The molecule has 1 heterocycles. The summed E-state index contributed by atoms with van der Waals surface area (Å²) in [6, 6.07) is 7.70. The Balaban J connectivity index is 2.28. The molecule has 0 N–H and O–H groups in total. The van der Waals surface area contributed by atoms with E-state index in [-0.39, 0.29) is 17.3 Å². The van der Waals surface area contributed by atoms with Gasteiger partial charge in [-0.25, -0.2) is 9.37 Å². The quantitative estimate of drug-likeness (QED) is 0.624. The largest absolute Gasteiger partial charge is 0.436 e. The van der Waals surface area contributed by atoms with Gasteiger partial charge in [0.15, 0.2) is 11.6 Å². The number of pyridine rings is 1. The summed E-state index contributed by atoms with van der Waals surface area (Å²) < 4.78 is 18.7.